The van der Waals surface area contributed by atoms with Crippen LogP contribution in [0.1, 0.15) is 18.1 Å². The van der Waals surface area contributed by atoms with Crippen molar-refractivity contribution >= 4 is 6.08 Å². The van der Waals surface area contributed by atoms with Crippen LogP contribution < -0.4 is 28.4 Å². The summed E-state index contributed by atoms with van der Waals surface area (Å²) in [5.74, 6) is 4.08. The van der Waals surface area contributed by atoms with Gasteiger partial charge < -0.3 is 28.4 Å². The molecule has 0 saturated carbocycles. The molecule has 2 aromatic carbocycles. The summed E-state index contributed by atoms with van der Waals surface area (Å²) in [5.41, 5.74) is 1.98. The Morgan fingerprint density at radius 3 is 2.15 bits per heavy atom. The summed E-state index contributed by atoms with van der Waals surface area (Å²) in [6, 6.07) is 7.66. The molecule has 0 unspecified atom stereocenters. The second-order valence-electron chi connectivity index (χ2n) is 5.81. The van der Waals surface area contributed by atoms with E-state index in [-0.39, 0.29) is 6.79 Å². The molecule has 0 aromatic heterocycles. The van der Waals surface area contributed by atoms with Crippen LogP contribution >= 0.6 is 0 Å². The van der Waals surface area contributed by atoms with E-state index in [9.17, 15) is 0 Å². The van der Waals surface area contributed by atoms with E-state index in [1.54, 1.807) is 21.3 Å². The molecule has 27 heavy (non-hydrogen) atoms. The van der Waals surface area contributed by atoms with E-state index in [0.717, 1.165) is 28.4 Å². The minimum absolute atomic E-state index is 0.242. The number of ether oxygens (including phenoxy) is 6. The van der Waals surface area contributed by atoms with E-state index in [2.05, 4.69) is 6.08 Å². The molecule has 1 heterocycles. The molecule has 0 amide bonds. The van der Waals surface area contributed by atoms with Crippen LogP contribution in [0, 0.1) is 0 Å². The molecule has 6 nitrogen and oxygen atoms in total. The van der Waals surface area contributed by atoms with Gasteiger partial charge in [-0.15, -0.1) is 0 Å². The lowest BCUT2D eigenvalue weighted by Crippen LogP contribution is -1.96. The van der Waals surface area contributed by atoms with Gasteiger partial charge in [-0.2, -0.15) is 0 Å². The Bertz CT molecular complexity index is 803. The van der Waals surface area contributed by atoms with Gasteiger partial charge in [-0.1, -0.05) is 12.2 Å². The van der Waals surface area contributed by atoms with E-state index in [0.29, 0.717) is 30.3 Å². The molecule has 0 N–H and O–H groups in total. The first kappa shape index (κ1) is 18.8. The fourth-order valence-corrected chi connectivity index (χ4v) is 2.93. The van der Waals surface area contributed by atoms with Crippen molar-refractivity contribution in [3.63, 3.8) is 0 Å². The van der Waals surface area contributed by atoms with Crippen molar-refractivity contribution in [2.75, 3.05) is 34.7 Å². The second kappa shape index (κ2) is 8.58. The Labute approximate surface area is 159 Å². The monoisotopic (exact) mass is 372 g/mol. The largest absolute Gasteiger partial charge is 0.493 e. The predicted octanol–water partition coefficient (Wildman–Crippen LogP) is 4.10. The third-order valence-electron chi connectivity index (χ3n) is 4.19. The molecule has 0 bridgehead atoms. The average molecular weight is 372 g/mol. The van der Waals surface area contributed by atoms with Crippen molar-refractivity contribution in [3.05, 3.63) is 41.5 Å². The van der Waals surface area contributed by atoms with E-state index < -0.39 is 0 Å². The van der Waals surface area contributed by atoms with E-state index in [4.69, 9.17) is 28.4 Å². The first-order valence-electron chi connectivity index (χ1n) is 8.72. The fraction of sp³-hybridized carbons (Fsp3) is 0.333. The Kier molecular flexibility index (Phi) is 5.96. The number of benzene rings is 2. The number of hydrogen-bond donors (Lipinski definition) is 0. The SMILES string of the molecule is CCOc1cc2c(cc1C/C=C/c1cc(OC)c(OC)c(OC)c1)OCO2. The summed E-state index contributed by atoms with van der Waals surface area (Å²) in [4.78, 5) is 0. The molecule has 2 aromatic rings. The third-order valence-corrected chi connectivity index (χ3v) is 4.19. The van der Waals surface area contributed by atoms with E-state index >= 15 is 0 Å². The maximum absolute atomic E-state index is 5.74. The molecule has 0 fully saturated rings. The molecule has 1 aliphatic rings. The summed E-state index contributed by atoms with van der Waals surface area (Å²) in [6.45, 7) is 2.79. The van der Waals surface area contributed by atoms with Crippen LogP contribution in [0.3, 0.4) is 0 Å². The van der Waals surface area contributed by atoms with E-state index in [1.807, 2.05) is 37.3 Å². The number of fused-ring (bicyclic) bond motifs is 1. The van der Waals surface area contributed by atoms with Gasteiger partial charge in [0, 0.05) is 11.6 Å². The standard InChI is InChI=1S/C21H24O6/c1-5-25-16-12-18-17(26-13-27-18)11-15(16)8-6-7-14-9-19(22-2)21(24-4)20(10-14)23-3/h6-7,9-12H,5,8,13H2,1-4H3/b7-6+. The highest BCUT2D eigenvalue weighted by molar-refractivity contribution is 5.62. The van der Waals surface area contributed by atoms with Crippen LogP contribution in [0.25, 0.3) is 6.08 Å². The van der Waals surface area contributed by atoms with Gasteiger partial charge in [0.15, 0.2) is 23.0 Å². The van der Waals surface area contributed by atoms with Crippen molar-refractivity contribution in [1.29, 1.82) is 0 Å². The zero-order valence-electron chi connectivity index (χ0n) is 16.0. The molecule has 1 aliphatic heterocycles. The lowest BCUT2D eigenvalue weighted by Gasteiger charge is -2.13. The summed E-state index contributed by atoms with van der Waals surface area (Å²) in [6.07, 6.45) is 4.74. The zero-order chi connectivity index (χ0) is 19.2. The van der Waals surface area contributed by atoms with Gasteiger partial charge in [0.05, 0.1) is 27.9 Å². The lowest BCUT2D eigenvalue weighted by molar-refractivity contribution is 0.173. The van der Waals surface area contributed by atoms with Gasteiger partial charge in [0.1, 0.15) is 5.75 Å². The molecule has 0 aliphatic carbocycles. The molecular formula is C21H24O6. The van der Waals surface area contributed by atoms with Gasteiger partial charge in [0.2, 0.25) is 12.5 Å². The van der Waals surface area contributed by atoms with Crippen molar-refractivity contribution in [2.24, 2.45) is 0 Å². The van der Waals surface area contributed by atoms with Crippen LogP contribution in [0.2, 0.25) is 0 Å². The fourth-order valence-electron chi connectivity index (χ4n) is 2.93. The topological polar surface area (TPSA) is 55.4 Å². The van der Waals surface area contributed by atoms with Crippen LogP contribution in [0.4, 0.5) is 0 Å². The van der Waals surface area contributed by atoms with Gasteiger partial charge >= 0.3 is 0 Å². The highest BCUT2D eigenvalue weighted by atomic mass is 16.7. The highest BCUT2D eigenvalue weighted by Crippen LogP contribution is 2.40. The summed E-state index contributed by atoms with van der Waals surface area (Å²) in [7, 11) is 4.79. The highest BCUT2D eigenvalue weighted by Gasteiger charge is 2.17. The van der Waals surface area contributed by atoms with Crippen molar-refractivity contribution in [3.8, 4) is 34.5 Å². The van der Waals surface area contributed by atoms with Crippen LogP contribution in [0.15, 0.2) is 30.3 Å². The molecule has 6 heteroatoms. The molecule has 144 valence electrons. The van der Waals surface area contributed by atoms with Crippen LogP contribution in [0.5, 0.6) is 34.5 Å². The maximum Gasteiger partial charge on any atom is 0.231 e. The van der Waals surface area contributed by atoms with Gasteiger partial charge in [-0.05, 0) is 37.1 Å². The van der Waals surface area contributed by atoms with Crippen molar-refractivity contribution in [1.82, 2.24) is 0 Å². The Morgan fingerprint density at radius 2 is 1.56 bits per heavy atom. The van der Waals surface area contributed by atoms with Crippen molar-refractivity contribution < 1.29 is 28.4 Å². The van der Waals surface area contributed by atoms with Gasteiger partial charge in [-0.3, -0.25) is 0 Å². The van der Waals surface area contributed by atoms with Crippen molar-refractivity contribution in [2.45, 2.75) is 13.3 Å². The second-order valence-corrected chi connectivity index (χ2v) is 5.81. The lowest BCUT2D eigenvalue weighted by atomic mass is 10.1. The Morgan fingerprint density at radius 1 is 0.889 bits per heavy atom. The smallest absolute Gasteiger partial charge is 0.231 e. The van der Waals surface area contributed by atoms with Gasteiger partial charge in [-0.25, -0.2) is 0 Å². The number of rotatable bonds is 8. The summed E-state index contributed by atoms with van der Waals surface area (Å²) >= 11 is 0. The van der Waals surface area contributed by atoms with E-state index in [1.165, 1.54) is 0 Å². The number of allylic oxidation sites excluding steroid dienone is 1. The maximum atomic E-state index is 5.74. The van der Waals surface area contributed by atoms with Gasteiger partial charge in [0.25, 0.3) is 0 Å². The van der Waals surface area contributed by atoms with Crippen LogP contribution in [-0.2, 0) is 6.42 Å². The van der Waals surface area contributed by atoms with Crippen LogP contribution in [-0.4, -0.2) is 34.7 Å². The predicted molar refractivity (Wildman–Crippen MR) is 103 cm³/mol. The molecule has 3 rings (SSSR count). The molecular weight excluding hydrogens is 348 g/mol. The number of hydrogen-bond acceptors (Lipinski definition) is 6. The minimum Gasteiger partial charge on any atom is -0.493 e. The Hall–Kier alpha value is -3.02. The normalized spacial score (nSPS) is 12.3. The molecule has 0 radical (unpaired) electrons. The minimum atomic E-state index is 0.242. The quantitative estimate of drug-likeness (QED) is 0.696. The molecule has 0 atom stereocenters. The summed E-state index contributed by atoms with van der Waals surface area (Å²) < 4.78 is 32.8. The number of methoxy groups -OCH3 is 3. The first-order chi connectivity index (χ1) is 13.2. The zero-order valence-corrected chi connectivity index (χ0v) is 16.0. The summed E-state index contributed by atoms with van der Waals surface area (Å²) in [5, 5.41) is 0. The third kappa shape index (κ3) is 4.05. The Balaban J connectivity index is 1.83. The molecule has 0 spiro atoms. The average Bonchev–Trinajstić information content (AvgIpc) is 3.14. The molecule has 0 saturated heterocycles. The first-order valence-corrected chi connectivity index (χ1v) is 8.72.